The first-order valence-corrected chi connectivity index (χ1v) is 4.91. The Balaban J connectivity index is 2.33. The van der Waals surface area contributed by atoms with Crippen molar-refractivity contribution in [2.24, 2.45) is 0 Å². The second kappa shape index (κ2) is 5.07. The average molecular weight is 180 g/mol. The van der Waals surface area contributed by atoms with Crippen molar-refractivity contribution >= 4 is 0 Å². The van der Waals surface area contributed by atoms with Crippen LogP contribution in [0.25, 0.3) is 0 Å². The first kappa shape index (κ1) is 10.3. The molecule has 0 fully saturated rings. The third-order valence-corrected chi connectivity index (χ3v) is 2.36. The van der Waals surface area contributed by atoms with Crippen molar-refractivity contribution in [3.8, 4) is 0 Å². The molecule has 2 nitrogen and oxygen atoms in total. The van der Waals surface area contributed by atoms with Gasteiger partial charge in [0, 0.05) is 25.8 Å². The van der Waals surface area contributed by atoms with Crippen LogP contribution in [0.5, 0.6) is 0 Å². The largest absolute Gasteiger partial charge is 0.377 e. The third kappa shape index (κ3) is 3.64. The van der Waals surface area contributed by atoms with Gasteiger partial charge in [0.2, 0.25) is 0 Å². The molecule has 0 N–H and O–H groups in total. The molecule has 13 heavy (non-hydrogen) atoms. The van der Waals surface area contributed by atoms with Crippen LogP contribution in [0.3, 0.4) is 0 Å². The summed E-state index contributed by atoms with van der Waals surface area (Å²) in [5, 5.41) is 0. The molecule has 1 aliphatic rings. The Morgan fingerprint density at radius 3 is 2.54 bits per heavy atom. The lowest BCUT2D eigenvalue weighted by Gasteiger charge is -2.25. The van der Waals surface area contributed by atoms with Crippen molar-refractivity contribution in [1.29, 1.82) is 0 Å². The fourth-order valence-electron chi connectivity index (χ4n) is 1.40. The molecule has 0 aliphatic heterocycles. The van der Waals surface area contributed by atoms with Crippen molar-refractivity contribution < 1.29 is 0 Å². The van der Waals surface area contributed by atoms with Gasteiger partial charge in [-0.2, -0.15) is 0 Å². The van der Waals surface area contributed by atoms with Gasteiger partial charge in [0.05, 0.1) is 0 Å². The van der Waals surface area contributed by atoms with E-state index in [1.807, 2.05) is 0 Å². The van der Waals surface area contributed by atoms with Gasteiger partial charge in [0.1, 0.15) is 0 Å². The maximum Gasteiger partial charge on any atom is 0.0299 e. The molecule has 0 unspecified atom stereocenters. The summed E-state index contributed by atoms with van der Waals surface area (Å²) < 4.78 is 0. The molecular formula is C11H20N2. The van der Waals surface area contributed by atoms with Crippen molar-refractivity contribution in [2.75, 3.05) is 34.2 Å². The minimum atomic E-state index is 1.12. The molecule has 0 spiro atoms. The molecule has 1 aliphatic carbocycles. The van der Waals surface area contributed by atoms with Crippen molar-refractivity contribution in [1.82, 2.24) is 9.80 Å². The van der Waals surface area contributed by atoms with Gasteiger partial charge in [-0.25, -0.2) is 0 Å². The van der Waals surface area contributed by atoms with Crippen LogP contribution in [0.1, 0.15) is 12.8 Å². The minimum Gasteiger partial charge on any atom is -0.377 e. The summed E-state index contributed by atoms with van der Waals surface area (Å²) in [6.07, 6.45) is 8.99. The van der Waals surface area contributed by atoms with E-state index in [0.29, 0.717) is 0 Å². The lowest BCUT2D eigenvalue weighted by molar-refractivity contribution is 0.319. The highest BCUT2D eigenvalue weighted by atomic mass is 15.2. The van der Waals surface area contributed by atoms with Crippen LogP contribution in [-0.4, -0.2) is 44.0 Å². The number of hydrogen-bond acceptors (Lipinski definition) is 2. The summed E-state index contributed by atoms with van der Waals surface area (Å²) in [7, 11) is 6.40. The molecule has 0 saturated carbocycles. The van der Waals surface area contributed by atoms with Crippen LogP contribution in [0, 0.1) is 0 Å². The van der Waals surface area contributed by atoms with Crippen molar-refractivity contribution in [3.63, 3.8) is 0 Å². The zero-order valence-corrected chi connectivity index (χ0v) is 8.95. The van der Waals surface area contributed by atoms with E-state index in [4.69, 9.17) is 0 Å². The predicted octanol–water partition coefficient (Wildman–Crippen LogP) is 1.71. The lowest BCUT2D eigenvalue weighted by Crippen LogP contribution is -2.28. The van der Waals surface area contributed by atoms with Gasteiger partial charge in [-0.05, 0) is 33.0 Å². The Morgan fingerprint density at radius 2 is 2.00 bits per heavy atom. The van der Waals surface area contributed by atoms with E-state index < -0.39 is 0 Å². The minimum absolute atomic E-state index is 1.12. The molecule has 0 bridgehead atoms. The van der Waals surface area contributed by atoms with Gasteiger partial charge >= 0.3 is 0 Å². The Labute approximate surface area is 81.5 Å². The zero-order chi connectivity index (χ0) is 9.68. The van der Waals surface area contributed by atoms with Gasteiger partial charge in [-0.1, -0.05) is 12.2 Å². The number of rotatable bonds is 4. The number of likely N-dealkylation sites (N-methyl/N-ethyl adjacent to an activating group) is 2. The summed E-state index contributed by atoms with van der Waals surface area (Å²) >= 11 is 0. The molecule has 0 saturated heterocycles. The molecule has 74 valence electrons. The van der Waals surface area contributed by atoms with E-state index in [9.17, 15) is 0 Å². The molecule has 0 heterocycles. The molecule has 0 amide bonds. The first-order chi connectivity index (χ1) is 6.20. The third-order valence-electron chi connectivity index (χ3n) is 2.36. The Hall–Kier alpha value is -0.760. The highest BCUT2D eigenvalue weighted by Gasteiger charge is 2.05. The summed E-state index contributed by atoms with van der Waals surface area (Å²) in [6, 6.07) is 0. The molecule has 0 aromatic rings. The van der Waals surface area contributed by atoms with E-state index in [2.05, 4.69) is 49.2 Å². The van der Waals surface area contributed by atoms with E-state index >= 15 is 0 Å². The Bertz CT molecular complexity index is 204. The highest BCUT2D eigenvalue weighted by molar-refractivity contribution is 5.16. The maximum absolute atomic E-state index is 2.35. The fourth-order valence-corrected chi connectivity index (χ4v) is 1.40. The molecule has 2 heteroatoms. The van der Waals surface area contributed by atoms with Crippen LogP contribution < -0.4 is 0 Å². The fraction of sp³-hybridized carbons (Fsp3) is 0.636. The average Bonchev–Trinajstić information content (AvgIpc) is 2.15. The van der Waals surface area contributed by atoms with E-state index in [0.717, 1.165) is 13.1 Å². The molecule has 0 atom stereocenters. The van der Waals surface area contributed by atoms with Gasteiger partial charge in [0.15, 0.2) is 0 Å². The summed E-state index contributed by atoms with van der Waals surface area (Å²) in [5.74, 6) is 0. The van der Waals surface area contributed by atoms with E-state index in [1.165, 1.54) is 18.5 Å². The van der Waals surface area contributed by atoms with Crippen LogP contribution in [0.4, 0.5) is 0 Å². The number of allylic oxidation sites excluding steroid dienone is 4. The van der Waals surface area contributed by atoms with Crippen molar-refractivity contribution in [2.45, 2.75) is 12.8 Å². The van der Waals surface area contributed by atoms with Gasteiger partial charge in [-0.15, -0.1) is 0 Å². The van der Waals surface area contributed by atoms with Crippen LogP contribution in [-0.2, 0) is 0 Å². The number of hydrogen-bond donors (Lipinski definition) is 0. The zero-order valence-electron chi connectivity index (χ0n) is 8.95. The summed E-state index contributed by atoms with van der Waals surface area (Å²) in [5.41, 5.74) is 1.46. The second-order valence-corrected chi connectivity index (χ2v) is 3.85. The predicted molar refractivity (Wildman–Crippen MR) is 57.6 cm³/mol. The van der Waals surface area contributed by atoms with Crippen molar-refractivity contribution in [3.05, 3.63) is 23.9 Å². The van der Waals surface area contributed by atoms with Gasteiger partial charge in [-0.3, -0.25) is 0 Å². The smallest absolute Gasteiger partial charge is 0.0299 e. The summed E-state index contributed by atoms with van der Waals surface area (Å²) in [4.78, 5) is 4.57. The normalized spacial score (nSPS) is 16.2. The SMILES string of the molecule is CN(C)CCN(C)C1=CC=CCC1. The molecular weight excluding hydrogens is 160 g/mol. The standard InChI is InChI=1S/C11H20N2/c1-12(2)9-10-13(3)11-7-5-4-6-8-11/h4-5,7H,6,8-10H2,1-3H3. The quantitative estimate of drug-likeness (QED) is 0.650. The molecule has 0 radical (unpaired) electrons. The Morgan fingerprint density at radius 1 is 1.23 bits per heavy atom. The monoisotopic (exact) mass is 180 g/mol. The number of nitrogens with zero attached hydrogens (tertiary/aromatic N) is 2. The van der Waals surface area contributed by atoms with Gasteiger partial charge in [0.25, 0.3) is 0 Å². The first-order valence-electron chi connectivity index (χ1n) is 4.91. The maximum atomic E-state index is 2.35. The molecule has 0 aromatic heterocycles. The van der Waals surface area contributed by atoms with Gasteiger partial charge < -0.3 is 9.80 Å². The summed E-state index contributed by atoms with van der Waals surface area (Å²) in [6.45, 7) is 2.24. The highest BCUT2D eigenvalue weighted by Crippen LogP contribution is 2.14. The van der Waals surface area contributed by atoms with Crippen LogP contribution >= 0.6 is 0 Å². The molecule has 0 aromatic carbocycles. The molecule has 1 rings (SSSR count). The van der Waals surface area contributed by atoms with E-state index in [-0.39, 0.29) is 0 Å². The Kier molecular flexibility index (Phi) is 4.03. The van der Waals surface area contributed by atoms with E-state index in [1.54, 1.807) is 0 Å². The van der Waals surface area contributed by atoms with Crippen LogP contribution in [0.15, 0.2) is 23.9 Å². The van der Waals surface area contributed by atoms with Crippen LogP contribution in [0.2, 0.25) is 0 Å². The topological polar surface area (TPSA) is 6.48 Å². The second-order valence-electron chi connectivity index (χ2n) is 3.85. The lowest BCUT2D eigenvalue weighted by atomic mass is 10.1.